The van der Waals surface area contributed by atoms with Crippen molar-refractivity contribution in [1.82, 2.24) is 4.98 Å². The van der Waals surface area contributed by atoms with E-state index in [1.165, 1.54) is 17.4 Å². The molecule has 0 unspecified atom stereocenters. The van der Waals surface area contributed by atoms with Crippen molar-refractivity contribution in [3.05, 3.63) is 33.9 Å². The third-order valence-electron chi connectivity index (χ3n) is 2.77. The molecule has 90 valence electrons. The van der Waals surface area contributed by atoms with Crippen LogP contribution in [0.3, 0.4) is 0 Å². The Kier molecular flexibility index (Phi) is 2.73. The number of benzene rings is 1. The lowest BCUT2D eigenvalue weighted by molar-refractivity contribution is 0.310. The van der Waals surface area contributed by atoms with E-state index < -0.39 is 0 Å². The Bertz CT molecular complexity index is 645. The minimum atomic E-state index is -0.366. The number of hydrogen-bond acceptors (Lipinski definition) is 4. The van der Waals surface area contributed by atoms with Gasteiger partial charge < -0.3 is 4.74 Å². The first-order valence-corrected chi connectivity index (χ1v) is 6.38. The van der Waals surface area contributed by atoms with Crippen LogP contribution in [0.4, 0.5) is 4.39 Å². The van der Waals surface area contributed by atoms with E-state index in [2.05, 4.69) is 11.1 Å². The Morgan fingerprint density at radius 2 is 2.39 bits per heavy atom. The number of fused-ring (bicyclic) bond motifs is 3. The number of nitrogens with zero attached hydrogens (tertiary/aromatic N) is 2. The fraction of sp³-hybridized carbons (Fsp3) is 0.231. The Labute approximate surface area is 107 Å². The van der Waals surface area contributed by atoms with Crippen molar-refractivity contribution in [2.45, 2.75) is 12.8 Å². The Morgan fingerprint density at radius 3 is 3.22 bits per heavy atom. The molecule has 0 bridgehead atoms. The second-order valence-corrected chi connectivity index (χ2v) is 5.10. The summed E-state index contributed by atoms with van der Waals surface area (Å²) in [7, 11) is 0. The molecule has 0 fully saturated rings. The van der Waals surface area contributed by atoms with Crippen molar-refractivity contribution in [1.29, 1.82) is 5.26 Å². The third kappa shape index (κ3) is 1.75. The molecular weight excluding hydrogens is 251 g/mol. The molecule has 1 aliphatic heterocycles. The second-order valence-electron chi connectivity index (χ2n) is 3.93. The fourth-order valence-electron chi connectivity index (χ4n) is 2.01. The first-order chi connectivity index (χ1) is 8.79. The molecule has 0 saturated carbocycles. The third-order valence-corrected chi connectivity index (χ3v) is 3.88. The van der Waals surface area contributed by atoms with Crippen LogP contribution >= 0.6 is 11.3 Å². The van der Waals surface area contributed by atoms with Crippen LogP contribution in [0, 0.1) is 17.1 Å². The summed E-state index contributed by atoms with van der Waals surface area (Å²) in [5, 5.41) is 9.49. The first kappa shape index (κ1) is 11.2. The minimum Gasteiger partial charge on any atom is -0.489 e. The summed E-state index contributed by atoms with van der Waals surface area (Å²) < 4.78 is 19.1. The van der Waals surface area contributed by atoms with Crippen LogP contribution in [-0.4, -0.2) is 11.6 Å². The van der Waals surface area contributed by atoms with Crippen molar-refractivity contribution in [2.75, 3.05) is 6.61 Å². The molecule has 0 aliphatic carbocycles. The van der Waals surface area contributed by atoms with E-state index >= 15 is 0 Å². The zero-order valence-corrected chi connectivity index (χ0v) is 10.3. The Balaban J connectivity index is 2.18. The SMILES string of the molecule is N#CCc1nc2c(s1)CCOc1c(F)cccc1-2. The van der Waals surface area contributed by atoms with Gasteiger partial charge in [0.25, 0.3) is 0 Å². The molecule has 0 spiro atoms. The molecule has 0 saturated heterocycles. The molecule has 3 nitrogen and oxygen atoms in total. The van der Waals surface area contributed by atoms with Crippen molar-refractivity contribution in [2.24, 2.45) is 0 Å². The van der Waals surface area contributed by atoms with Gasteiger partial charge in [0.2, 0.25) is 0 Å². The van der Waals surface area contributed by atoms with E-state index in [0.29, 0.717) is 25.0 Å². The van der Waals surface area contributed by atoms with Crippen molar-refractivity contribution >= 4 is 11.3 Å². The van der Waals surface area contributed by atoms with Crippen LogP contribution in [0.25, 0.3) is 11.3 Å². The lowest BCUT2D eigenvalue weighted by Gasteiger charge is -2.07. The van der Waals surface area contributed by atoms with Gasteiger partial charge in [0, 0.05) is 16.9 Å². The predicted molar refractivity (Wildman–Crippen MR) is 66.0 cm³/mol. The summed E-state index contributed by atoms with van der Waals surface area (Å²) in [4.78, 5) is 5.49. The number of para-hydroxylation sites is 1. The zero-order chi connectivity index (χ0) is 12.5. The minimum absolute atomic E-state index is 0.269. The van der Waals surface area contributed by atoms with Gasteiger partial charge >= 0.3 is 0 Å². The van der Waals surface area contributed by atoms with Gasteiger partial charge in [-0.15, -0.1) is 11.3 Å². The molecule has 1 aliphatic rings. The summed E-state index contributed by atoms with van der Waals surface area (Å²) in [6.07, 6.45) is 0.996. The highest BCUT2D eigenvalue weighted by Crippen LogP contribution is 2.38. The molecule has 1 aromatic carbocycles. The Morgan fingerprint density at radius 1 is 1.50 bits per heavy atom. The molecule has 0 radical (unpaired) electrons. The normalized spacial score (nSPS) is 12.9. The number of nitriles is 1. The number of hydrogen-bond donors (Lipinski definition) is 0. The van der Waals surface area contributed by atoms with Crippen LogP contribution in [0.15, 0.2) is 18.2 Å². The van der Waals surface area contributed by atoms with Crippen molar-refractivity contribution in [3.63, 3.8) is 0 Å². The quantitative estimate of drug-likeness (QED) is 0.792. The largest absolute Gasteiger partial charge is 0.489 e. The highest BCUT2D eigenvalue weighted by Gasteiger charge is 2.22. The molecule has 5 heteroatoms. The van der Waals surface area contributed by atoms with E-state index in [9.17, 15) is 4.39 Å². The average Bonchev–Trinajstić information content (AvgIpc) is 2.67. The maximum absolute atomic E-state index is 13.7. The van der Waals surface area contributed by atoms with E-state index in [1.54, 1.807) is 12.1 Å². The summed E-state index contributed by atoms with van der Waals surface area (Å²) in [5.41, 5.74) is 1.44. The number of ether oxygens (including phenoxy) is 1. The predicted octanol–water partition coefficient (Wildman–Crippen LogP) is 2.95. The summed E-state index contributed by atoms with van der Waals surface area (Å²) in [6.45, 7) is 0.440. The highest BCUT2D eigenvalue weighted by molar-refractivity contribution is 7.12. The molecule has 1 aromatic heterocycles. The van der Waals surface area contributed by atoms with E-state index in [1.807, 2.05) is 0 Å². The maximum Gasteiger partial charge on any atom is 0.165 e. The smallest absolute Gasteiger partial charge is 0.165 e. The summed E-state index contributed by atoms with van der Waals surface area (Å²) in [6, 6.07) is 6.92. The topological polar surface area (TPSA) is 45.9 Å². The van der Waals surface area contributed by atoms with E-state index in [4.69, 9.17) is 10.00 Å². The summed E-state index contributed by atoms with van der Waals surface area (Å²) >= 11 is 1.51. The molecule has 0 atom stereocenters. The maximum atomic E-state index is 13.7. The van der Waals surface area contributed by atoms with Gasteiger partial charge in [-0.2, -0.15) is 5.26 Å². The van der Waals surface area contributed by atoms with Crippen molar-refractivity contribution < 1.29 is 9.13 Å². The average molecular weight is 260 g/mol. The fourth-order valence-corrected chi connectivity index (χ4v) is 3.01. The van der Waals surface area contributed by atoms with Crippen LogP contribution in [0.2, 0.25) is 0 Å². The van der Waals surface area contributed by atoms with Crippen LogP contribution < -0.4 is 4.74 Å². The standard InChI is InChI=1S/C13H9FN2OS/c14-9-3-1-2-8-12-10(5-7-17-13(8)9)18-11(16-12)4-6-15/h1-3H,4-5,7H2. The molecule has 0 N–H and O–H groups in total. The highest BCUT2D eigenvalue weighted by atomic mass is 32.1. The Hall–Kier alpha value is -1.93. The molecule has 3 rings (SSSR count). The van der Waals surface area contributed by atoms with Gasteiger partial charge in [-0.1, -0.05) is 6.07 Å². The van der Waals surface area contributed by atoms with Gasteiger partial charge in [0.1, 0.15) is 5.01 Å². The lowest BCUT2D eigenvalue weighted by atomic mass is 10.1. The molecule has 0 amide bonds. The van der Waals surface area contributed by atoms with E-state index in [-0.39, 0.29) is 11.6 Å². The lowest BCUT2D eigenvalue weighted by Crippen LogP contribution is -1.99. The van der Waals surface area contributed by atoms with Crippen molar-refractivity contribution in [3.8, 4) is 23.1 Å². The van der Waals surface area contributed by atoms with Crippen LogP contribution in [-0.2, 0) is 12.8 Å². The van der Waals surface area contributed by atoms with E-state index in [0.717, 1.165) is 15.6 Å². The molecular formula is C13H9FN2OS. The molecule has 2 heterocycles. The number of aromatic nitrogens is 1. The monoisotopic (exact) mass is 260 g/mol. The van der Waals surface area contributed by atoms with Crippen LogP contribution in [0.1, 0.15) is 9.88 Å². The van der Waals surface area contributed by atoms with Gasteiger partial charge in [-0.3, -0.25) is 0 Å². The van der Waals surface area contributed by atoms with Gasteiger partial charge in [-0.25, -0.2) is 9.37 Å². The molecule has 2 aromatic rings. The second kappa shape index (κ2) is 4.39. The van der Waals surface area contributed by atoms with Gasteiger partial charge in [0.15, 0.2) is 11.6 Å². The first-order valence-electron chi connectivity index (χ1n) is 5.57. The van der Waals surface area contributed by atoms with Gasteiger partial charge in [0.05, 0.1) is 24.8 Å². The molecule has 18 heavy (non-hydrogen) atoms. The number of rotatable bonds is 1. The zero-order valence-electron chi connectivity index (χ0n) is 9.44. The summed E-state index contributed by atoms with van der Waals surface area (Å²) in [5.74, 6) is -0.0970. The number of halogens is 1. The number of thiazole rings is 1. The van der Waals surface area contributed by atoms with Gasteiger partial charge in [-0.05, 0) is 12.1 Å². The van der Waals surface area contributed by atoms with Crippen LogP contribution in [0.5, 0.6) is 5.75 Å².